The molecule has 0 radical (unpaired) electrons. The molecule has 1 aliphatic heterocycles. The standard InChI is InChI=1S/C11H22N2O3S/c1-2-10-17(14,15)13-7-4-11(5-8-13)16-9-3-6-12/h2,11H,1,3-10,12H2. The Labute approximate surface area is 104 Å². The number of nitrogens with zero attached hydrogens (tertiary/aromatic N) is 1. The topological polar surface area (TPSA) is 72.6 Å². The summed E-state index contributed by atoms with van der Waals surface area (Å²) in [7, 11) is -3.14. The van der Waals surface area contributed by atoms with Gasteiger partial charge < -0.3 is 10.5 Å². The van der Waals surface area contributed by atoms with E-state index in [0.717, 1.165) is 19.3 Å². The van der Waals surface area contributed by atoms with Crippen LogP contribution in [0.3, 0.4) is 0 Å². The lowest BCUT2D eigenvalue weighted by molar-refractivity contribution is 0.0209. The molecule has 1 aliphatic rings. The molecule has 0 aromatic carbocycles. The van der Waals surface area contributed by atoms with Crippen LogP contribution in [0.5, 0.6) is 0 Å². The molecule has 0 spiro atoms. The molecule has 17 heavy (non-hydrogen) atoms. The summed E-state index contributed by atoms with van der Waals surface area (Å²) in [6.45, 7) is 5.85. The van der Waals surface area contributed by atoms with Crippen LogP contribution >= 0.6 is 0 Å². The molecule has 100 valence electrons. The van der Waals surface area contributed by atoms with Crippen LogP contribution in [0.25, 0.3) is 0 Å². The minimum Gasteiger partial charge on any atom is -0.378 e. The molecule has 6 heteroatoms. The van der Waals surface area contributed by atoms with E-state index in [1.807, 2.05) is 0 Å². The summed E-state index contributed by atoms with van der Waals surface area (Å²) >= 11 is 0. The Hall–Kier alpha value is -0.430. The van der Waals surface area contributed by atoms with Crippen molar-refractivity contribution >= 4 is 10.0 Å². The fourth-order valence-electron chi connectivity index (χ4n) is 1.86. The van der Waals surface area contributed by atoms with Crippen molar-refractivity contribution in [3.05, 3.63) is 12.7 Å². The Bertz CT molecular complexity index is 322. The van der Waals surface area contributed by atoms with E-state index < -0.39 is 10.0 Å². The summed E-state index contributed by atoms with van der Waals surface area (Å²) in [4.78, 5) is 0. The smallest absolute Gasteiger partial charge is 0.217 e. The van der Waals surface area contributed by atoms with Crippen LogP contribution in [0.1, 0.15) is 19.3 Å². The Morgan fingerprint density at radius 3 is 2.59 bits per heavy atom. The fourth-order valence-corrected chi connectivity index (χ4v) is 3.14. The van der Waals surface area contributed by atoms with Crippen molar-refractivity contribution in [1.29, 1.82) is 0 Å². The van der Waals surface area contributed by atoms with E-state index in [1.54, 1.807) is 0 Å². The average molecular weight is 262 g/mol. The van der Waals surface area contributed by atoms with Gasteiger partial charge in [-0.15, -0.1) is 6.58 Å². The highest BCUT2D eigenvalue weighted by Gasteiger charge is 2.27. The molecule has 0 atom stereocenters. The zero-order valence-corrected chi connectivity index (χ0v) is 11.0. The van der Waals surface area contributed by atoms with Crippen LogP contribution in [0.2, 0.25) is 0 Å². The van der Waals surface area contributed by atoms with Crippen molar-refractivity contribution in [2.75, 3.05) is 32.0 Å². The third-order valence-electron chi connectivity index (χ3n) is 2.82. The van der Waals surface area contributed by atoms with Crippen molar-refractivity contribution in [3.63, 3.8) is 0 Å². The maximum absolute atomic E-state index is 11.7. The molecule has 0 bridgehead atoms. The molecular formula is C11H22N2O3S. The van der Waals surface area contributed by atoms with Crippen molar-refractivity contribution in [2.45, 2.75) is 25.4 Å². The summed E-state index contributed by atoms with van der Waals surface area (Å²) in [5.74, 6) is 0.0195. The highest BCUT2D eigenvalue weighted by atomic mass is 32.2. The van der Waals surface area contributed by atoms with Gasteiger partial charge in [0.05, 0.1) is 11.9 Å². The largest absolute Gasteiger partial charge is 0.378 e. The van der Waals surface area contributed by atoms with Gasteiger partial charge in [-0.3, -0.25) is 0 Å². The third kappa shape index (κ3) is 4.75. The van der Waals surface area contributed by atoms with E-state index in [9.17, 15) is 8.42 Å². The van der Waals surface area contributed by atoms with Gasteiger partial charge in [0.15, 0.2) is 0 Å². The summed E-state index contributed by atoms with van der Waals surface area (Å²) in [6, 6.07) is 0. The number of hydrogen-bond donors (Lipinski definition) is 1. The molecular weight excluding hydrogens is 240 g/mol. The zero-order chi connectivity index (χ0) is 12.7. The SMILES string of the molecule is C=CCS(=O)(=O)N1CCC(OCCCN)CC1. The number of sulfonamides is 1. The zero-order valence-electron chi connectivity index (χ0n) is 10.2. The molecule has 0 saturated carbocycles. The molecule has 2 N–H and O–H groups in total. The summed E-state index contributed by atoms with van der Waals surface area (Å²) in [5.41, 5.74) is 5.38. The summed E-state index contributed by atoms with van der Waals surface area (Å²) in [5, 5.41) is 0. The lowest BCUT2D eigenvalue weighted by Gasteiger charge is -2.30. The minimum absolute atomic E-state index is 0.0195. The molecule has 1 fully saturated rings. The number of ether oxygens (including phenoxy) is 1. The van der Waals surface area contributed by atoms with Crippen LogP contribution in [0.4, 0.5) is 0 Å². The summed E-state index contributed by atoms with van der Waals surface area (Å²) < 4.78 is 30.6. The molecule has 0 amide bonds. The van der Waals surface area contributed by atoms with E-state index in [-0.39, 0.29) is 11.9 Å². The van der Waals surface area contributed by atoms with Crippen LogP contribution in [-0.4, -0.2) is 50.8 Å². The van der Waals surface area contributed by atoms with Crippen molar-refractivity contribution in [3.8, 4) is 0 Å². The third-order valence-corrected chi connectivity index (χ3v) is 4.63. The summed E-state index contributed by atoms with van der Waals surface area (Å²) in [6.07, 6.45) is 3.99. The molecule has 1 saturated heterocycles. The molecule has 1 heterocycles. The molecule has 0 unspecified atom stereocenters. The van der Waals surface area contributed by atoms with Gasteiger partial charge in [-0.25, -0.2) is 12.7 Å². The number of nitrogens with two attached hydrogens (primary N) is 1. The number of hydrogen-bond acceptors (Lipinski definition) is 4. The first-order chi connectivity index (χ1) is 8.10. The normalized spacial score (nSPS) is 19.4. The molecule has 0 aromatic heterocycles. The van der Waals surface area contributed by atoms with E-state index in [2.05, 4.69) is 6.58 Å². The van der Waals surface area contributed by atoms with Crippen molar-refractivity contribution in [2.24, 2.45) is 5.73 Å². The van der Waals surface area contributed by atoms with E-state index in [4.69, 9.17) is 10.5 Å². The number of piperidine rings is 1. The molecule has 0 aliphatic carbocycles. The van der Waals surface area contributed by atoms with Gasteiger partial charge in [0.2, 0.25) is 10.0 Å². The van der Waals surface area contributed by atoms with E-state index >= 15 is 0 Å². The van der Waals surface area contributed by atoms with Gasteiger partial charge in [-0.05, 0) is 25.8 Å². The van der Waals surface area contributed by atoms with Crippen LogP contribution in [0.15, 0.2) is 12.7 Å². The lowest BCUT2D eigenvalue weighted by atomic mass is 10.1. The van der Waals surface area contributed by atoms with Gasteiger partial charge in [0.25, 0.3) is 0 Å². The Balaban J connectivity index is 2.33. The highest BCUT2D eigenvalue weighted by Crippen LogP contribution is 2.17. The average Bonchev–Trinajstić information content (AvgIpc) is 2.30. The predicted molar refractivity (Wildman–Crippen MR) is 68.2 cm³/mol. The van der Waals surface area contributed by atoms with Crippen LogP contribution in [-0.2, 0) is 14.8 Å². The van der Waals surface area contributed by atoms with Gasteiger partial charge in [-0.2, -0.15) is 0 Å². The van der Waals surface area contributed by atoms with Crippen LogP contribution in [0, 0.1) is 0 Å². The van der Waals surface area contributed by atoms with Gasteiger partial charge in [0, 0.05) is 19.7 Å². The van der Waals surface area contributed by atoms with Gasteiger partial charge in [0.1, 0.15) is 0 Å². The first-order valence-corrected chi connectivity index (χ1v) is 7.61. The van der Waals surface area contributed by atoms with Crippen molar-refractivity contribution in [1.82, 2.24) is 4.31 Å². The lowest BCUT2D eigenvalue weighted by Crippen LogP contribution is -2.41. The quantitative estimate of drug-likeness (QED) is 0.530. The Morgan fingerprint density at radius 1 is 1.41 bits per heavy atom. The molecule has 0 aromatic rings. The molecule has 5 nitrogen and oxygen atoms in total. The maximum Gasteiger partial charge on any atom is 0.217 e. The van der Waals surface area contributed by atoms with Crippen LogP contribution < -0.4 is 5.73 Å². The van der Waals surface area contributed by atoms with Gasteiger partial charge >= 0.3 is 0 Å². The predicted octanol–water partition coefficient (Wildman–Crippen LogP) is 0.332. The molecule has 1 rings (SSSR count). The Kier molecular flexibility index (Phi) is 6.11. The monoisotopic (exact) mass is 262 g/mol. The number of rotatable bonds is 7. The second kappa shape index (κ2) is 7.10. The van der Waals surface area contributed by atoms with E-state index in [0.29, 0.717) is 26.2 Å². The Morgan fingerprint density at radius 2 is 2.06 bits per heavy atom. The first kappa shape index (κ1) is 14.6. The highest BCUT2D eigenvalue weighted by molar-refractivity contribution is 7.89. The second-order valence-corrected chi connectivity index (χ2v) is 6.19. The minimum atomic E-state index is -3.14. The second-order valence-electron chi connectivity index (χ2n) is 4.18. The maximum atomic E-state index is 11.7. The van der Waals surface area contributed by atoms with Gasteiger partial charge in [-0.1, -0.05) is 6.08 Å². The van der Waals surface area contributed by atoms with E-state index in [1.165, 1.54) is 10.4 Å². The fraction of sp³-hybridized carbons (Fsp3) is 0.818. The first-order valence-electron chi connectivity index (χ1n) is 6.00. The van der Waals surface area contributed by atoms with Crippen molar-refractivity contribution < 1.29 is 13.2 Å².